The standard InChI is InChI=1S/C12H19NO3S/c1-11(2)13(8-9-14)17(15,16)10-12-6-4-3-5-7-12/h3-7,11,14H,8-10H2,1-2H3. The van der Waals surface area contributed by atoms with Crippen molar-refractivity contribution in [3.05, 3.63) is 35.9 Å². The summed E-state index contributed by atoms with van der Waals surface area (Å²) in [5.41, 5.74) is 0.760. The van der Waals surface area contributed by atoms with E-state index in [0.717, 1.165) is 5.56 Å². The summed E-state index contributed by atoms with van der Waals surface area (Å²) in [7, 11) is -3.36. The van der Waals surface area contributed by atoms with Crippen LogP contribution in [0, 0.1) is 0 Å². The second-order valence-corrected chi connectivity index (χ2v) is 6.09. The number of hydrogen-bond acceptors (Lipinski definition) is 3. The minimum absolute atomic E-state index is 0.0218. The molecule has 17 heavy (non-hydrogen) atoms. The Morgan fingerprint density at radius 1 is 1.24 bits per heavy atom. The highest BCUT2D eigenvalue weighted by atomic mass is 32.2. The summed E-state index contributed by atoms with van der Waals surface area (Å²) in [6.07, 6.45) is 0. The van der Waals surface area contributed by atoms with Gasteiger partial charge in [0.1, 0.15) is 0 Å². The van der Waals surface area contributed by atoms with E-state index >= 15 is 0 Å². The predicted molar refractivity (Wildman–Crippen MR) is 68.0 cm³/mol. The summed E-state index contributed by atoms with van der Waals surface area (Å²) in [5, 5.41) is 8.91. The molecule has 1 N–H and O–H groups in total. The first-order chi connectivity index (χ1) is 7.97. The number of aliphatic hydroxyl groups is 1. The first kappa shape index (κ1) is 14.2. The van der Waals surface area contributed by atoms with E-state index in [4.69, 9.17) is 5.11 Å². The largest absolute Gasteiger partial charge is 0.395 e. The van der Waals surface area contributed by atoms with Gasteiger partial charge in [0.2, 0.25) is 10.0 Å². The van der Waals surface area contributed by atoms with Crippen molar-refractivity contribution in [3.8, 4) is 0 Å². The molecule has 0 aliphatic heterocycles. The Kier molecular flexibility index (Phi) is 5.11. The van der Waals surface area contributed by atoms with Gasteiger partial charge in [0.15, 0.2) is 0 Å². The van der Waals surface area contributed by atoms with Crippen LogP contribution in [0.2, 0.25) is 0 Å². The van der Waals surface area contributed by atoms with E-state index in [9.17, 15) is 8.42 Å². The van der Waals surface area contributed by atoms with Gasteiger partial charge in [-0.05, 0) is 19.4 Å². The average molecular weight is 257 g/mol. The van der Waals surface area contributed by atoms with E-state index < -0.39 is 10.0 Å². The van der Waals surface area contributed by atoms with Crippen molar-refractivity contribution in [2.45, 2.75) is 25.6 Å². The van der Waals surface area contributed by atoms with E-state index in [2.05, 4.69) is 0 Å². The Hall–Kier alpha value is -0.910. The van der Waals surface area contributed by atoms with Crippen molar-refractivity contribution < 1.29 is 13.5 Å². The summed E-state index contributed by atoms with van der Waals surface area (Å²) in [4.78, 5) is 0. The van der Waals surface area contributed by atoms with Crippen molar-refractivity contribution in [2.75, 3.05) is 13.2 Å². The maximum atomic E-state index is 12.1. The zero-order valence-electron chi connectivity index (χ0n) is 10.2. The topological polar surface area (TPSA) is 57.6 Å². The van der Waals surface area contributed by atoms with Gasteiger partial charge in [0.25, 0.3) is 0 Å². The second-order valence-electron chi connectivity index (χ2n) is 4.17. The lowest BCUT2D eigenvalue weighted by Crippen LogP contribution is -2.39. The van der Waals surface area contributed by atoms with Gasteiger partial charge in [-0.25, -0.2) is 8.42 Å². The lowest BCUT2D eigenvalue weighted by atomic mass is 10.2. The highest BCUT2D eigenvalue weighted by molar-refractivity contribution is 7.88. The van der Waals surface area contributed by atoms with Crippen LogP contribution in [0.5, 0.6) is 0 Å². The molecule has 0 unspecified atom stereocenters. The molecule has 4 nitrogen and oxygen atoms in total. The van der Waals surface area contributed by atoms with Crippen LogP contribution in [0.4, 0.5) is 0 Å². The van der Waals surface area contributed by atoms with E-state index in [0.29, 0.717) is 0 Å². The van der Waals surface area contributed by atoms with Crippen LogP contribution in [-0.2, 0) is 15.8 Å². The van der Waals surface area contributed by atoms with E-state index in [-0.39, 0.29) is 24.9 Å². The fraction of sp³-hybridized carbons (Fsp3) is 0.500. The number of aliphatic hydroxyl groups excluding tert-OH is 1. The summed E-state index contributed by atoms with van der Waals surface area (Å²) in [5.74, 6) is -0.0218. The Balaban J connectivity index is 2.86. The molecule has 0 bridgehead atoms. The molecule has 0 spiro atoms. The monoisotopic (exact) mass is 257 g/mol. The molecule has 0 radical (unpaired) electrons. The third kappa shape index (κ3) is 4.11. The maximum Gasteiger partial charge on any atom is 0.218 e. The molecule has 0 heterocycles. The molecule has 1 rings (SSSR count). The summed E-state index contributed by atoms with van der Waals surface area (Å²) >= 11 is 0. The zero-order chi connectivity index (χ0) is 12.9. The number of sulfonamides is 1. The molecule has 1 aromatic carbocycles. The van der Waals surface area contributed by atoms with Crippen molar-refractivity contribution in [2.24, 2.45) is 0 Å². The third-order valence-electron chi connectivity index (χ3n) is 2.45. The molecule has 0 fully saturated rings. The van der Waals surface area contributed by atoms with Crippen molar-refractivity contribution in [1.82, 2.24) is 4.31 Å². The van der Waals surface area contributed by atoms with Crippen LogP contribution in [-0.4, -0.2) is 37.0 Å². The molecular formula is C12H19NO3S. The fourth-order valence-corrected chi connectivity index (χ4v) is 3.47. The number of benzene rings is 1. The summed E-state index contributed by atoms with van der Waals surface area (Å²) < 4.78 is 25.6. The lowest BCUT2D eigenvalue weighted by Gasteiger charge is -2.25. The molecule has 0 amide bonds. The second kappa shape index (κ2) is 6.14. The third-order valence-corrected chi connectivity index (χ3v) is 4.46. The molecule has 0 saturated heterocycles. The Bertz CT molecular complexity index is 428. The minimum atomic E-state index is -3.36. The highest BCUT2D eigenvalue weighted by Crippen LogP contribution is 2.13. The van der Waals surface area contributed by atoms with Crippen LogP contribution < -0.4 is 0 Å². The number of nitrogens with zero attached hydrogens (tertiary/aromatic N) is 1. The zero-order valence-corrected chi connectivity index (χ0v) is 11.0. The van der Waals surface area contributed by atoms with Gasteiger partial charge in [0, 0.05) is 12.6 Å². The van der Waals surface area contributed by atoms with Crippen molar-refractivity contribution in [1.29, 1.82) is 0 Å². The number of rotatable bonds is 6. The van der Waals surface area contributed by atoms with Gasteiger partial charge in [-0.3, -0.25) is 0 Å². The molecule has 0 atom stereocenters. The van der Waals surface area contributed by atoms with Crippen LogP contribution in [0.15, 0.2) is 30.3 Å². The molecule has 0 saturated carbocycles. The summed E-state index contributed by atoms with van der Waals surface area (Å²) in [6, 6.07) is 8.91. The van der Waals surface area contributed by atoms with Crippen LogP contribution >= 0.6 is 0 Å². The Labute approximate surface area is 103 Å². The van der Waals surface area contributed by atoms with Gasteiger partial charge >= 0.3 is 0 Å². The van der Waals surface area contributed by atoms with E-state index in [1.165, 1.54) is 4.31 Å². The van der Waals surface area contributed by atoms with Crippen LogP contribution in [0.1, 0.15) is 19.4 Å². The maximum absolute atomic E-state index is 12.1. The quantitative estimate of drug-likeness (QED) is 0.833. The van der Waals surface area contributed by atoms with Gasteiger partial charge < -0.3 is 5.11 Å². The minimum Gasteiger partial charge on any atom is -0.395 e. The van der Waals surface area contributed by atoms with Gasteiger partial charge in [-0.15, -0.1) is 0 Å². The normalized spacial score (nSPS) is 12.3. The van der Waals surface area contributed by atoms with Crippen LogP contribution in [0.3, 0.4) is 0 Å². The fourth-order valence-electron chi connectivity index (χ4n) is 1.68. The number of hydrogen-bond donors (Lipinski definition) is 1. The first-order valence-corrected chi connectivity index (χ1v) is 7.22. The van der Waals surface area contributed by atoms with Gasteiger partial charge in [-0.1, -0.05) is 30.3 Å². The van der Waals surface area contributed by atoms with Gasteiger partial charge in [-0.2, -0.15) is 4.31 Å². The average Bonchev–Trinajstić information content (AvgIpc) is 2.26. The molecule has 0 aliphatic carbocycles. The van der Waals surface area contributed by atoms with E-state index in [1.54, 1.807) is 26.0 Å². The molecule has 0 aromatic heterocycles. The van der Waals surface area contributed by atoms with Crippen molar-refractivity contribution in [3.63, 3.8) is 0 Å². The van der Waals surface area contributed by atoms with E-state index in [1.807, 2.05) is 18.2 Å². The smallest absolute Gasteiger partial charge is 0.218 e. The molecule has 96 valence electrons. The molecule has 0 aliphatic rings. The van der Waals surface area contributed by atoms with Crippen LogP contribution in [0.25, 0.3) is 0 Å². The first-order valence-electron chi connectivity index (χ1n) is 5.61. The van der Waals surface area contributed by atoms with Crippen molar-refractivity contribution >= 4 is 10.0 Å². The molecular weight excluding hydrogens is 238 g/mol. The highest BCUT2D eigenvalue weighted by Gasteiger charge is 2.24. The molecule has 5 heteroatoms. The SMILES string of the molecule is CC(C)N(CCO)S(=O)(=O)Cc1ccccc1. The molecule has 1 aromatic rings. The predicted octanol–water partition coefficient (Wildman–Crippen LogP) is 1.22. The Morgan fingerprint density at radius 3 is 2.29 bits per heavy atom. The lowest BCUT2D eigenvalue weighted by molar-refractivity contribution is 0.236. The summed E-state index contributed by atoms with van der Waals surface area (Å²) in [6.45, 7) is 3.59. The Morgan fingerprint density at radius 2 is 1.82 bits per heavy atom. The van der Waals surface area contributed by atoms with Gasteiger partial charge in [0.05, 0.1) is 12.4 Å².